The van der Waals surface area contributed by atoms with Gasteiger partial charge in [0, 0.05) is 45.0 Å². The van der Waals surface area contributed by atoms with Crippen LogP contribution in [0.1, 0.15) is 40.7 Å². The zero-order chi connectivity index (χ0) is 28.1. The van der Waals surface area contributed by atoms with Gasteiger partial charge in [-0.1, -0.05) is 11.6 Å². The predicted molar refractivity (Wildman–Crippen MR) is 145 cm³/mol. The van der Waals surface area contributed by atoms with Gasteiger partial charge in [0.15, 0.2) is 11.5 Å². The molecule has 0 spiro atoms. The molecule has 2 N–H and O–H groups in total. The van der Waals surface area contributed by atoms with Crippen molar-refractivity contribution in [2.24, 2.45) is 0 Å². The van der Waals surface area contributed by atoms with Crippen molar-refractivity contribution in [1.29, 1.82) is 0 Å². The molecule has 1 unspecified atom stereocenters. The number of halogens is 1. The van der Waals surface area contributed by atoms with E-state index in [0.29, 0.717) is 79.1 Å². The number of likely N-dealkylation sites (tertiary alicyclic amines) is 1. The van der Waals surface area contributed by atoms with Crippen molar-refractivity contribution in [3.63, 3.8) is 0 Å². The number of rotatable bonds is 10. The average molecular weight is 563 g/mol. The summed E-state index contributed by atoms with van der Waals surface area (Å²) < 4.78 is 33.3. The van der Waals surface area contributed by atoms with Gasteiger partial charge in [0.2, 0.25) is 11.7 Å². The largest absolute Gasteiger partial charge is 0.493 e. The third-order valence-electron chi connectivity index (χ3n) is 7.18. The zero-order valence-electron chi connectivity index (χ0n) is 22.7. The minimum absolute atomic E-state index is 0.0180. The number of methoxy groups -OCH3 is 4. The fourth-order valence-electron chi connectivity index (χ4n) is 5.04. The van der Waals surface area contributed by atoms with Gasteiger partial charge in [0.1, 0.15) is 17.4 Å². The molecule has 1 saturated heterocycles. The Balaban J connectivity index is 1.32. The van der Waals surface area contributed by atoms with Gasteiger partial charge in [-0.2, -0.15) is 0 Å². The van der Waals surface area contributed by atoms with Crippen molar-refractivity contribution in [3.05, 3.63) is 39.9 Å². The van der Waals surface area contributed by atoms with Gasteiger partial charge in [0.05, 0.1) is 51.2 Å². The van der Waals surface area contributed by atoms with E-state index in [1.54, 1.807) is 33.3 Å². The summed E-state index contributed by atoms with van der Waals surface area (Å²) in [5, 5.41) is 0.311. The number of ether oxygens (including phenoxy) is 6. The Morgan fingerprint density at radius 2 is 1.74 bits per heavy atom. The van der Waals surface area contributed by atoms with Crippen molar-refractivity contribution in [2.45, 2.75) is 44.3 Å². The molecule has 2 heterocycles. The fraction of sp³-hybridized carbons (Fsp3) is 0.500. The summed E-state index contributed by atoms with van der Waals surface area (Å²) in [6.07, 6.45) is 1.72. The molecule has 4 rings (SSSR count). The van der Waals surface area contributed by atoms with Gasteiger partial charge in [-0.3, -0.25) is 4.79 Å². The number of hydrogen-bond donors (Lipinski definition) is 1. The van der Waals surface area contributed by atoms with Crippen molar-refractivity contribution in [3.8, 4) is 23.0 Å². The van der Waals surface area contributed by atoms with Crippen molar-refractivity contribution >= 4 is 29.2 Å². The molecule has 1 atom stereocenters. The number of carbonyl (C=O) groups is 2. The molecule has 0 bridgehead atoms. The standard InChI is InChI=1S/C28H35ClN2O8/c1-34-18(11-16-12-22(35-2)27(37-4)23(13-16)36-3)14-24(32)31-8-5-17(6-9-31)39-28(33)20-15-21(29)25(30)19-7-10-38-26(19)20/h12-13,15,17-18H,5-11,14,30H2,1-4H3. The Labute approximate surface area is 233 Å². The summed E-state index contributed by atoms with van der Waals surface area (Å²) in [4.78, 5) is 27.8. The first kappa shape index (κ1) is 28.6. The number of esters is 1. The molecule has 2 aliphatic heterocycles. The molecule has 10 nitrogen and oxygen atoms in total. The minimum Gasteiger partial charge on any atom is -0.493 e. The van der Waals surface area contributed by atoms with E-state index in [4.69, 9.17) is 45.8 Å². The highest BCUT2D eigenvalue weighted by atomic mass is 35.5. The first-order valence-corrected chi connectivity index (χ1v) is 13.2. The number of anilines is 1. The van der Waals surface area contributed by atoms with Crippen LogP contribution in [0.3, 0.4) is 0 Å². The maximum absolute atomic E-state index is 13.1. The van der Waals surface area contributed by atoms with E-state index in [1.165, 1.54) is 6.07 Å². The molecular weight excluding hydrogens is 528 g/mol. The van der Waals surface area contributed by atoms with E-state index in [2.05, 4.69) is 0 Å². The van der Waals surface area contributed by atoms with Crippen LogP contribution in [-0.4, -0.2) is 77.1 Å². The number of carbonyl (C=O) groups excluding carboxylic acids is 2. The van der Waals surface area contributed by atoms with Crippen LogP contribution in [0.4, 0.5) is 5.69 Å². The lowest BCUT2D eigenvalue weighted by molar-refractivity contribution is -0.135. The maximum Gasteiger partial charge on any atom is 0.342 e. The van der Waals surface area contributed by atoms with Gasteiger partial charge in [-0.25, -0.2) is 4.79 Å². The predicted octanol–water partition coefficient (Wildman–Crippen LogP) is 3.68. The van der Waals surface area contributed by atoms with Crippen LogP contribution < -0.4 is 24.7 Å². The highest BCUT2D eigenvalue weighted by Gasteiger charge is 2.30. The summed E-state index contributed by atoms with van der Waals surface area (Å²) in [7, 11) is 6.26. The number of piperidine rings is 1. The van der Waals surface area contributed by atoms with Crippen LogP contribution >= 0.6 is 11.6 Å². The number of hydrogen-bond acceptors (Lipinski definition) is 9. The number of nitrogens with zero attached hydrogens (tertiary/aromatic N) is 1. The molecule has 0 aliphatic carbocycles. The van der Waals surface area contributed by atoms with E-state index >= 15 is 0 Å². The lowest BCUT2D eigenvalue weighted by Crippen LogP contribution is -2.42. The van der Waals surface area contributed by atoms with Crippen LogP contribution in [0, 0.1) is 0 Å². The van der Waals surface area contributed by atoms with Crippen molar-refractivity contribution < 1.29 is 38.0 Å². The monoisotopic (exact) mass is 562 g/mol. The summed E-state index contributed by atoms with van der Waals surface area (Å²) >= 11 is 6.23. The third-order valence-corrected chi connectivity index (χ3v) is 7.50. The molecule has 0 saturated carbocycles. The van der Waals surface area contributed by atoms with Crippen molar-refractivity contribution in [1.82, 2.24) is 4.90 Å². The van der Waals surface area contributed by atoms with Gasteiger partial charge < -0.3 is 39.1 Å². The Morgan fingerprint density at radius 3 is 2.33 bits per heavy atom. The fourth-order valence-corrected chi connectivity index (χ4v) is 5.26. The Hall–Kier alpha value is -3.37. The molecular formula is C28H35ClN2O8. The van der Waals surface area contributed by atoms with E-state index in [9.17, 15) is 9.59 Å². The Bertz CT molecular complexity index is 1190. The lowest BCUT2D eigenvalue weighted by Gasteiger charge is -2.32. The van der Waals surface area contributed by atoms with Crippen LogP contribution in [0.2, 0.25) is 5.02 Å². The maximum atomic E-state index is 13.1. The molecule has 0 aromatic heterocycles. The SMILES string of the molecule is COc1cc(CC(CC(=O)N2CCC(OC(=O)c3cc(Cl)c(N)c4c3OCC4)CC2)OC)cc(OC)c1OC. The molecule has 0 radical (unpaired) electrons. The summed E-state index contributed by atoms with van der Waals surface area (Å²) in [6, 6.07) is 5.21. The van der Waals surface area contributed by atoms with Gasteiger partial charge in [0.25, 0.3) is 0 Å². The quantitative estimate of drug-likeness (QED) is 0.341. The number of benzene rings is 2. The number of amides is 1. The number of fused-ring (bicyclic) bond motifs is 1. The number of nitrogen functional groups attached to an aromatic ring is 1. The van der Waals surface area contributed by atoms with E-state index in [1.807, 2.05) is 12.1 Å². The molecule has 2 aliphatic rings. The first-order chi connectivity index (χ1) is 18.8. The smallest absolute Gasteiger partial charge is 0.342 e. The molecule has 1 fully saturated rings. The zero-order valence-corrected chi connectivity index (χ0v) is 23.5. The second-order valence-electron chi connectivity index (χ2n) is 9.51. The normalized spacial score (nSPS) is 15.8. The molecule has 1 amide bonds. The molecule has 11 heteroatoms. The van der Waals surface area contributed by atoms with Crippen LogP contribution in [0.25, 0.3) is 0 Å². The third kappa shape index (κ3) is 6.28. The highest BCUT2D eigenvalue weighted by molar-refractivity contribution is 6.33. The van der Waals surface area contributed by atoms with E-state index < -0.39 is 5.97 Å². The lowest BCUT2D eigenvalue weighted by atomic mass is 10.0. The topological polar surface area (TPSA) is 119 Å². The highest BCUT2D eigenvalue weighted by Crippen LogP contribution is 2.40. The number of nitrogens with two attached hydrogens (primary N) is 1. The van der Waals surface area contributed by atoms with Crippen LogP contribution in [0.15, 0.2) is 18.2 Å². The van der Waals surface area contributed by atoms with Crippen LogP contribution in [0.5, 0.6) is 23.0 Å². The van der Waals surface area contributed by atoms with E-state index in [0.717, 1.165) is 11.1 Å². The van der Waals surface area contributed by atoms with Crippen molar-refractivity contribution in [2.75, 3.05) is 53.9 Å². The Kier molecular flexibility index (Phi) is 9.29. The molecule has 212 valence electrons. The second-order valence-corrected chi connectivity index (χ2v) is 9.92. The van der Waals surface area contributed by atoms with Gasteiger partial charge >= 0.3 is 5.97 Å². The average Bonchev–Trinajstić information content (AvgIpc) is 3.44. The summed E-state index contributed by atoms with van der Waals surface area (Å²) in [5.41, 5.74) is 8.39. The van der Waals surface area contributed by atoms with E-state index in [-0.39, 0.29) is 30.1 Å². The van der Waals surface area contributed by atoms with Gasteiger partial charge in [-0.15, -0.1) is 0 Å². The minimum atomic E-state index is -0.496. The summed E-state index contributed by atoms with van der Waals surface area (Å²) in [5.74, 6) is 1.53. The van der Waals surface area contributed by atoms with Gasteiger partial charge in [-0.05, 0) is 30.2 Å². The van der Waals surface area contributed by atoms with Crippen LogP contribution in [-0.2, 0) is 27.1 Å². The first-order valence-electron chi connectivity index (χ1n) is 12.8. The summed E-state index contributed by atoms with van der Waals surface area (Å²) in [6.45, 7) is 1.41. The molecule has 39 heavy (non-hydrogen) atoms. The Morgan fingerprint density at radius 1 is 1.08 bits per heavy atom. The molecule has 2 aromatic rings. The molecule has 2 aromatic carbocycles. The second kappa shape index (κ2) is 12.7.